The summed E-state index contributed by atoms with van der Waals surface area (Å²) in [5.41, 5.74) is 0.679. The van der Waals surface area contributed by atoms with Gasteiger partial charge in [0, 0.05) is 5.69 Å². The summed E-state index contributed by atoms with van der Waals surface area (Å²) in [4.78, 5) is 23.7. The summed E-state index contributed by atoms with van der Waals surface area (Å²) in [5, 5.41) is 8.56. The van der Waals surface area contributed by atoms with Crippen LogP contribution in [-0.2, 0) is 9.59 Å². The zero-order chi connectivity index (χ0) is 15.8. The van der Waals surface area contributed by atoms with E-state index < -0.39 is 0 Å². The zero-order valence-electron chi connectivity index (χ0n) is 13.3. The van der Waals surface area contributed by atoms with E-state index in [0.717, 1.165) is 31.6 Å². The van der Waals surface area contributed by atoms with Gasteiger partial charge in [-0.15, -0.1) is 12.4 Å². The SMILES string of the molecule is CCOc1ccc(NC(=O)CNC(=O)C2CCCCN2)cc1.Cl. The maximum atomic E-state index is 11.9. The van der Waals surface area contributed by atoms with Crippen molar-refractivity contribution in [3.63, 3.8) is 0 Å². The van der Waals surface area contributed by atoms with Gasteiger partial charge >= 0.3 is 0 Å². The lowest BCUT2D eigenvalue weighted by Crippen LogP contribution is -2.48. The maximum absolute atomic E-state index is 11.9. The van der Waals surface area contributed by atoms with Crippen molar-refractivity contribution in [1.29, 1.82) is 0 Å². The van der Waals surface area contributed by atoms with Crippen molar-refractivity contribution in [3.05, 3.63) is 24.3 Å². The Morgan fingerprint density at radius 2 is 2.00 bits per heavy atom. The highest BCUT2D eigenvalue weighted by atomic mass is 35.5. The Hall–Kier alpha value is -1.79. The number of amides is 2. The highest BCUT2D eigenvalue weighted by Crippen LogP contribution is 2.15. The Kier molecular flexibility index (Phi) is 8.43. The summed E-state index contributed by atoms with van der Waals surface area (Å²) in [7, 11) is 0. The third-order valence-electron chi connectivity index (χ3n) is 3.50. The molecule has 1 aliphatic heterocycles. The highest BCUT2D eigenvalue weighted by Gasteiger charge is 2.20. The fourth-order valence-corrected chi connectivity index (χ4v) is 2.37. The molecule has 3 N–H and O–H groups in total. The number of halogens is 1. The average molecular weight is 342 g/mol. The molecule has 1 fully saturated rings. The van der Waals surface area contributed by atoms with Gasteiger partial charge in [-0.2, -0.15) is 0 Å². The molecule has 1 aromatic rings. The second kappa shape index (κ2) is 10.1. The molecular formula is C16H24ClN3O3. The standard InChI is InChI=1S/C16H23N3O3.ClH/c1-2-22-13-8-6-12(7-9-13)19-15(20)11-18-16(21)14-5-3-4-10-17-14;/h6-9,14,17H,2-5,10-11H2,1H3,(H,18,21)(H,19,20);1H. The van der Waals surface area contributed by atoms with Gasteiger partial charge in [-0.1, -0.05) is 6.42 Å². The van der Waals surface area contributed by atoms with Crippen molar-refractivity contribution < 1.29 is 14.3 Å². The van der Waals surface area contributed by atoms with Crippen LogP contribution in [0.3, 0.4) is 0 Å². The molecule has 0 bridgehead atoms. The summed E-state index contributed by atoms with van der Waals surface area (Å²) < 4.78 is 5.34. The first-order valence-corrected chi connectivity index (χ1v) is 7.73. The quantitative estimate of drug-likeness (QED) is 0.736. The lowest BCUT2D eigenvalue weighted by Gasteiger charge is -2.22. The van der Waals surface area contributed by atoms with Crippen LogP contribution in [0.25, 0.3) is 0 Å². The van der Waals surface area contributed by atoms with Crippen LogP contribution in [0.1, 0.15) is 26.2 Å². The van der Waals surface area contributed by atoms with Gasteiger partial charge in [-0.25, -0.2) is 0 Å². The van der Waals surface area contributed by atoms with Crippen LogP contribution in [0.2, 0.25) is 0 Å². The number of ether oxygens (including phenoxy) is 1. The van der Waals surface area contributed by atoms with Gasteiger partial charge < -0.3 is 20.7 Å². The van der Waals surface area contributed by atoms with E-state index in [1.165, 1.54) is 0 Å². The molecule has 0 spiro atoms. The average Bonchev–Trinajstić information content (AvgIpc) is 2.55. The minimum Gasteiger partial charge on any atom is -0.494 e. The third kappa shape index (κ3) is 6.46. The normalized spacial score (nSPS) is 16.8. The molecule has 1 saturated heterocycles. The Morgan fingerprint density at radius 3 is 2.61 bits per heavy atom. The van der Waals surface area contributed by atoms with Crippen LogP contribution in [0.4, 0.5) is 5.69 Å². The molecule has 23 heavy (non-hydrogen) atoms. The van der Waals surface area contributed by atoms with E-state index in [-0.39, 0.29) is 36.8 Å². The molecule has 1 aliphatic rings. The second-order valence-corrected chi connectivity index (χ2v) is 5.23. The largest absolute Gasteiger partial charge is 0.494 e. The molecule has 0 saturated carbocycles. The van der Waals surface area contributed by atoms with E-state index in [9.17, 15) is 9.59 Å². The van der Waals surface area contributed by atoms with Crippen LogP contribution in [0, 0.1) is 0 Å². The van der Waals surface area contributed by atoms with Crippen molar-refractivity contribution >= 4 is 29.9 Å². The summed E-state index contributed by atoms with van der Waals surface area (Å²) in [5.74, 6) is 0.409. The van der Waals surface area contributed by atoms with Gasteiger partial charge in [0.05, 0.1) is 19.2 Å². The number of carbonyl (C=O) groups excluding carboxylic acids is 2. The predicted octanol–water partition coefficient (Wildman–Crippen LogP) is 1.70. The molecular weight excluding hydrogens is 318 g/mol. The molecule has 2 amide bonds. The number of rotatable bonds is 6. The monoisotopic (exact) mass is 341 g/mol. The van der Waals surface area contributed by atoms with Crippen molar-refractivity contribution in [3.8, 4) is 5.75 Å². The first-order chi connectivity index (χ1) is 10.7. The van der Waals surface area contributed by atoms with Crippen LogP contribution < -0.4 is 20.7 Å². The Bertz CT molecular complexity index is 502. The minimum atomic E-state index is -0.242. The Labute approximate surface area is 142 Å². The first-order valence-electron chi connectivity index (χ1n) is 7.73. The molecule has 1 unspecified atom stereocenters. The van der Waals surface area contributed by atoms with Crippen LogP contribution in [0.15, 0.2) is 24.3 Å². The third-order valence-corrected chi connectivity index (χ3v) is 3.50. The smallest absolute Gasteiger partial charge is 0.243 e. The number of benzene rings is 1. The predicted molar refractivity (Wildman–Crippen MR) is 92.1 cm³/mol. The van der Waals surface area contributed by atoms with Crippen molar-refractivity contribution in [2.24, 2.45) is 0 Å². The van der Waals surface area contributed by atoms with Crippen molar-refractivity contribution in [2.45, 2.75) is 32.2 Å². The minimum absolute atomic E-state index is 0. The number of nitrogens with one attached hydrogen (secondary N) is 3. The van der Waals surface area contributed by atoms with Crippen LogP contribution in [0.5, 0.6) is 5.75 Å². The molecule has 0 aliphatic carbocycles. The van der Waals surface area contributed by atoms with E-state index >= 15 is 0 Å². The van der Waals surface area contributed by atoms with Gasteiger partial charge in [-0.05, 0) is 50.6 Å². The molecule has 1 heterocycles. The summed E-state index contributed by atoms with van der Waals surface area (Å²) in [6, 6.07) is 6.96. The van der Waals surface area contributed by atoms with Gasteiger partial charge in [0.1, 0.15) is 5.75 Å². The lowest BCUT2D eigenvalue weighted by molar-refractivity contribution is -0.126. The second-order valence-electron chi connectivity index (χ2n) is 5.23. The molecule has 1 atom stereocenters. The highest BCUT2D eigenvalue weighted by molar-refractivity contribution is 5.95. The number of hydrogen-bond donors (Lipinski definition) is 3. The molecule has 1 aromatic carbocycles. The van der Waals surface area contributed by atoms with E-state index in [2.05, 4.69) is 16.0 Å². The zero-order valence-corrected chi connectivity index (χ0v) is 14.1. The van der Waals surface area contributed by atoms with E-state index in [1.54, 1.807) is 24.3 Å². The van der Waals surface area contributed by atoms with Crippen LogP contribution in [-0.4, -0.2) is 37.6 Å². The fourth-order valence-electron chi connectivity index (χ4n) is 2.37. The van der Waals surface area contributed by atoms with Gasteiger partial charge in [0.2, 0.25) is 11.8 Å². The van der Waals surface area contributed by atoms with E-state index in [4.69, 9.17) is 4.74 Å². The van der Waals surface area contributed by atoms with E-state index in [1.807, 2.05) is 6.92 Å². The topological polar surface area (TPSA) is 79.5 Å². The maximum Gasteiger partial charge on any atom is 0.243 e. The number of anilines is 1. The van der Waals surface area contributed by atoms with E-state index in [0.29, 0.717) is 12.3 Å². The van der Waals surface area contributed by atoms with Crippen LogP contribution >= 0.6 is 12.4 Å². The Morgan fingerprint density at radius 1 is 1.26 bits per heavy atom. The summed E-state index contributed by atoms with van der Waals surface area (Å²) in [6.45, 7) is 3.35. The molecule has 128 valence electrons. The first kappa shape index (κ1) is 19.3. The van der Waals surface area contributed by atoms with Gasteiger partial charge in [0.15, 0.2) is 0 Å². The summed E-state index contributed by atoms with van der Waals surface area (Å²) in [6.07, 6.45) is 2.97. The summed E-state index contributed by atoms with van der Waals surface area (Å²) >= 11 is 0. The molecule has 0 radical (unpaired) electrons. The Balaban J connectivity index is 0.00000264. The number of carbonyl (C=O) groups is 2. The van der Waals surface area contributed by atoms with Crippen molar-refractivity contribution in [1.82, 2.24) is 10.6 Å². The number of piperidine rings is 1. The van der Waals surface area contributed by atoms with Gasteiger partial charge in [0.25, 0.3) is 0 Å². The van der Waals surface area contributed by atoms with Gasteiger partial charge in [-0.3, -0.25) is 9.59 Å². The fraction of sp³-hybridized carbons (Fsp3) is 0.500. The molecule has 2 rings (SSSR count). The molecule has 6 nitrogen and oxygen atoms in total. The lowest BCUT2D eigenvalue weighted by atomic mass is 10.0. The van der Waals surface area contributed by atoms with Crippen molar-refractivity contribution in [2.75, 3.05) is 25.0 Å². The number of hydrogen-bond acceptors (Lipinski definition) is 4. The molecule has 0 aromatic heterocycles. The molecule has 7 heteroatoms.